The van der Waals surface area contributed by atoms with E-state index in [1.165, 1.54) is 5.56 Å². The van der Waals surface area contributed by atoms with Crippen LogP contribution >= 0.6 is 0 Å². The number of carbonyl (C=O) groups excluding carboxylic acids is 1. The monoisotopic (exact) mass is 349 g/mol. The van der Waals surface area contributed by atoms with Gasteiger partial charge in [-0.3, -0.25) is 0 Å². The van der Waals surface area contributed by atoms with Crippen LogP contribution in [0, 0.1) is 0 Å². The van der Waals surface area contributed by atoms with E-state index in [0.717, 1.165) is 36.6 Å². The molecule has 26 heavy (non-hydrogen) atoms. The summed E-state index contributed by atoms with van der Waals surface area (Å²) in [6, 6.07) is 18.7. The fourth-order valence-corrected chi connectivity index (χ4v) is 3.49. The Hall–Kier alpha value is -3.02. The molecule has 6 nitrogen and oxygen atoms in total. The van der Waals surface area contributed by atoms with E-state index in [2.05, 4.69) is 57.2 Å². The van der Waals surface area contributed by atoms with Gasteiger partial charge in [0.15, 0.2) is 0 Å². The van der Waals surface area contributed by atoms with Gasteiger partial charge in [0.25, 0.3) is 0 Å². The maximum absolute atomic E-state index is 11.8. The van der Waals surface area contributed by atoms with Crippen molar-refractivity contribution in [2.24, 2.45) is 0 Å². The van der Waals surface area contributed by atoms with E-state index < -0.39 is 0 Å². The highest BCUT2D eigenvalue weighted by molar-refractivity contribution is 5.79. The minimum atomic E-state index is -0.0116. The molecule has 1 aliphatic heterocycles. The number of para-hydroxylation sites is 2. The molecule has 1 N–H and O–H groups in total. The molecule has 6 heteroatoms. The summed E-state index contributed by atoms with van der Waals surface area (Å²) in [6.45, 7) is 3.76. The molecular weight excluding hydrogens is 326 g/mol. The van der Waals surface area contributed by atoms with Gasteiger partial charge in [0.2, 0.25) is 5.95 Å². The summed E-state index contributed by atoms with van der Waals surface area (Å²) in [7, 11) is 1.67. The molecule has 3 aromatic rings. The Morgan fingerprint density at radius 1 is 1.00 bits per heavy atom. The van der Waals surface area contributed by atoms with Crippen molar-refractivity contribution in [1.82, 2.24) is 19.8 Å². The van der Waals surface area contributed by atoms with Crippen LogP contribution < -0.4 is 10.2 Å². The van der Waals surface area contributed by atoms with Gasteiger partial charge in [-0.25, -0.2) is 9.78 Å². The lowest BCUT2D eigenvalue weighted by Crippen LogP contribution is -2.51. The lowest BCUT2D eigenvalue weighted by molar-refractivity contribution is 0.196. The summed E-state index contributed by atoms with van der Waals surface area (Å²) in [5.74, 6) is 0.978. The summed E-state index contributed by atoms with van der Waals surface area (Å²) in [4.78, 5) is 20.9. The zero-order valence-corrected chi connectivity index (χ0v) is 14.9. The topological polar surface area (TPSA) is 53.4 Å². The number of nitrogens with one attached hydrogen (secondary N) is 1. The standard InChI is InChI=1S/C20H23N5O/c1-21-20(26)24-13-11-23(12-14-24)19-22-17-9-5-6-10-18(17)25(19)15-16-7-3-2-4-8-16/h2-10H,11-15H2,1H3,(H,21,26). The number of rotatable bonds is 3. The second-order valence-electron chi connectivity index (χ2n) is 6.50. The summed E-state index contributed by atoms with van der Waals surface area (Å²) in [5.41, 5.74) is 3.40. The molecule has 2 aromatic carbocycles. The van der Waals surface area contributed by atoms with Crippen molar-refractivity contribution < 1.29 is 4.79 Å². The predicted molar refractivity (Wildman–Crippen MR) is 104 cm³/mol. The number of amides is 2. The van der Waals surface area contributed by atoms with Gasteiger partial charge in [-0.2, -0.15) is 0 Å². The molecule has 0 spiro atoms. The first kappa shape index (κ1) is 16.4. The Balaban J connectivity index is 1.65. The number of imidazole rings is 1. The lowest BCUT2D eigenvalue weighted by atomic mass is 10.2. The van der Waals surface area contributed by atoms with Gasteiger partial charge in [-0.15, -0.1) is 0 Å². The van der Waals surface area contributed by atoms with E-state index in [0.29, 0.717) is 13.1 Å². The zero-order chi connectivity index (χ0) is 17.9. The Morgan fingerprint density at radius 3 is 2.42 bits per heavy atom. The van der Waals surface area contributed by atoms with Gasteiger partial charge in [0.05, 0.1) is 17.6 Å². The van der Waals surface area contributed by atoms with Crippen LogP contribution in [0.25, 0.3) is 11.0 Å². The van der Waals surface area contributed by atoms with E-state index in [4.69, 9.17) is 4.98 Å². The van der Waals surface area contributed by atoms with E-state index in [1.54, 1.807) is 7.05 Å². The number of fused-ring (bicyclic) bond motifs is 1. The first-order valence-electron chi connectivity index (χ1n) is 8.97. The Labute approximate surface area is 153 Å². The van der Waals surface area contributed by atoms with Crippen molar-refractivity contribution in [1.29, 1.82) is 0 Å². The zero-order valence-electron chi connectivity index (χ0n) is 14.9. The minimum Gasteiger partial charge on any atom is -0.341 e. The van der Waals surface area contributed by atoms with Gasteiger partial charge in [0, 0.05) is 33.2 Å². The maximum atomic E-state index is 11.8. The molecule has 1 fully saturated rings. The number of nitrogens with zero attached hydrogens (tertiary/aromatic N) is 4. The first-order chi connectivity index (χ1) is 12.8. The average molecular weight is 349 g/mol. The number of aromatic nitrogens is 2. The van der Waals surface area contributed by atoms with Crippen molar-refractivity contribution in [3.63, 3.8) is 0 Å². The van der Waals surface area contributed by atoms with Gasteiger partial charge >= 0.3 is 6.03 Å². The maximum Gasteiger partial charge on any atom is 0.317 e. The molecular formula is C20H23N5O. The van der Waals surface area contributed by atoms with Crippen LogP contribution in [0.1, 0.15) is 5.56 Å². The molecule has 0 atom stereocenters. The van der Waals surface area contributed by atoms with E-state index in [1.807, 2.05) is 17.0 Å². The molecule has 1 saturated heterocycles. The summed E-state index contributed by atoms with van der Waals surface area (Å²) < 4.78 is 2.28. The largest absolute Gasteiger partial charge is 0.341 e. The normalized spacial score (nSPS) is 14.7. The van der Waals surface area contributed by atoms with E-state index in [9.17, 15) is 4.79 Å². The summed E-state index contributed by atoms with van der Waals surface area (Å²) in [5, 5.41) is 2.70. The smallest absolute Gasteiger partial charge is 0.317 e. The van der Waals surface area contributed by atoms with E-state index in [-0.39, 0.29) is 6.03 Å². The van der Waals surface area contributed by atoms with Crippen molar-refractivity contribution in [3.8, 4) is 0 Å². The predicted octanol–water partition coefficient (Wildman–Crippen LogP) is 2.55. The van der Waals surface area contributed by atoms with Gasteiger partial charge < -0.3 is 19.7 Å². The molecule has 0 aliphatic carbocycles. The number of benzene rings is 2. The third-order valence-electron chi connectivity index (χ3n) is 4.88. The number of anilines is 1. The van der Waals surface area contributed by atoms with Crippen LogP contribution in [-0.4, -0.2) is 53.7 Å². The van der Waals surface area contributed by atoms with Crippen molar-refractivity contribution in [2.75, 3.05) is 38.1 Å². The highest BCUT2D eigenvalue weighted by Gasteiger charge is 2.24. The number of urea groups is 1. The summed E-state index contributed by atoms with van der Waals surface area (Å²) in [6.07, 6.45) is 0. The average Bonchev–Trinajstić information content (AvgIpc) is 3.07. The Kier molecular flexibility index (Phi) is 4.48. The van der Waals surface area contributed by atoms with Crippen LogP contribution in [0.2, 0.25) is 0 Å². The number of piperazine rings is 1. The fourth-order valence-electron chi connectivity index (χ4n) is 3.49. The second-order valence-corrected chi connectivity index (χ2v) is 6.50. The molecule has 0 saturated carbocycles. The quantitative estimate of drug-likeness (QED) is 0.791. The van der Waals surface area contributed by atoms with Crippen LogP contribution in [0.4, 0.5) is 10.7 Å². The number of carbonyl (C=O) groups is 1. The van der Waals surface area contributed by atoms with Gasteiger partial charge in [-0.05, 0) is 17.7 Å². The van der Waals surface area contributed by atoms with Crippen LogP contribution in [0.5, 0.6) is 0 Å². The SMILES string of the molecule is CNC(=O)N1CCN(c2nc3ccccc3n2Cc2ccccc2)CC1. The third-order valence-corrected chi connectivity index (χ3v) is 4.88. The molecule has 134 valence electrons. The van der Waals surface area contributed by atoms with Crippen LogP contribution in [0.3, 0.4) is 0 Å². The molecule has 0 bridgehead atoms. The van der Waals surface area contributed by atoms with Gasteiger partial charge in [-0.1, -0.05) is 42.5 Å². The van der Waals surface area contributed by atoms with Crippen molar-refractivity contribution >= 4 is 23.0 Å². The van der Waals surface area contributed by atoms with Crippen molar-refractivity contribution in [3.05, 3.63) is 60.2 Å². The first-order valence-corrected chi connectivity index (χ1v) is 8.97. The highest BCUT2D eigenvalue weighted by Crippen LogP contribution is 2.25. The molecule has 0 radical (unpaired) electrons. The summed E-state index contributed by atoms with van der Waals surface area (Å²) >= 11 is 0. The number of hydrogen-bond donors (Lipinski definition) is 1. The highest BCUT2D eigenvalue weighted by atomic mass is 16.2. The minimum absolute atomic E-state index is 0.0116. The van der Waals surface area contributed by atoms with Crippen molar-refractivity contribution in [2.45, 2.75) is 6.54 Å². The Morgan fingerprint density at radius 2 is 1.69 bits per heavy atom. The Bertz CT molecular complexity index is 897. The molecule has 1 aliphatic rings. The molecule has 2 amide bonds. The molecule has 1 aromatic heterocycles. The van der Waals surface area contributed by atoms with Crippen LogP contribution in [-0.2, 0) is 6.54 Å². The molecule has 4 rings (SSSR count). The third kappa shape index (κ3) is 3.10. The molecule has 2 heterocycles. The molecule has 0 unspecified atom stereocenters. The second kappa shape index (κ2) is 7.07. The van der Waals surface area contributed by atoms with E-state index >= 15 is 0 Å². The van der Waals surface area contributed by atoms with Crippen LogP contribution in [0.15, 0.2) is 54.6 Å². The lowest BCUT2D eigenvalue weighted by Gasteiger charge is -2.35. The number of hydrogen-bond acceptors (Lipinski definition) is 3. The van der Waals surface area contributed by atoms with Gasteiger partial charge in [0.1, 0.15) is 0 Å². The fraction of sp³-hybridized carbons (Fsp3) is 0.300.